The van der Waals surface area contributed by atoms with Gasteiger partial charge in [0.15, 0.2) is 0 Å². The molecule has 8 atom stereocenters. The second-order valence-electron chi connectivity index (χ2n) is 18.1. The number of rotatable bonds is 21. The number of unbranched alkanes of at least 4 members (excludes halogenated alkanes) is 3. The van der Waals surface area contributed by atoms with Crippen molar-refractivity contribution in [3.05, 3.63) is 24.0 Å². The van der Waals surface area contributed by atoms with Crippen LogP contribution in [0.1, 0.15) is 156 Å². The number of carbonyl (C=O) groups excluding carboxylic acids is 3. The summed E-state index contributed by atoms with van der Waals surface area (Å²) in [4.78, 5) is 37.6. The van der Waals surface area contributed by atoms with Gasteiger partial charge in [-0.25, -0.2) is 0 Å². The van der Waals surface area contributed by atoms with Gasteiger partial charge in [-0.2, -0.15) is 0 Å². The van der Waals surface area contributed by atoms with Crippen LogP contribution in [0.15, 0.2) is 24.0 Å². The summed E-state index contributed by atoms with van der Waals surface area (Å²) in [5, 5.41) is 3.77. The highest BCUT2D eigenvalue weighted by Gasteiger charge is 2.58. The maximum atomic E-state index is 12.6. The van der Waals surface area contributed by atoms with Gasteiger partial charge in [-0.15, -0.1) is 0 Å². The molecule has 1 saturated heterocycles. The lowest BCUT2D eigenvalue weighted by Gasteiger charge is -2.58. The number of amides is 2. The van der Waals surface area contributed by atoms with E-state index in [9.17, 15) is 14.4 Å². The second-order valence-corrected chi connectivity index (χ2v) is 20.8. The minimum Gasteiger partial charge on any atom is -0.493 e. The average molecular weight is 757 g/mol. The van der Waals surface area contributed by atoms with Crippen LogP contribution in [0.4, 0.5) is 0 Å². The number of aldehydes is 1. The van der Waals surface area contributed by atoms with Crippen LogP contribution in [0, 0.1) is 40.4 Å². The molecule has 8 unspecified atom stereocenters. The van der Waals surface area contributed by atoms with E-state index in [1.54, 1.807) is 5.57 Å². The molecule has 6 nitrogen and oxygen atoms in total. The number of nitrogens with one attached hydrogen (secondary N) is 1. The summed E-state index contributed by atoms with van der Waals surface area (Å²) in [5.74, 6) is 6.36. The minimum atomic E-state index is -0.0154. The Bertz CT molecular complexity index is 1240. The van der Waals surface area contributed by atoms with Crippen LogP contribution < -0.4 is 5.32 Å². The van der Waals surface area contributed by atoms with E-state index in [4.69, 9.17) is 4.74 Å². The fourth-order valence-corrected chi connectivity index (χ4v) is 13.8. The fraction of sp³-hybridized carbons (Fsp3) is 0.841. The molecule has 294 valence electrons. The molecular weight excluding hydrogens is 685 g/mol. The molecule has 8 heteroatoms. The first-order valence-corrected chi connectivity index (χ1v) is 23.7. The van der Waals surface area contributed by atoms with Gasteiger partial charge in [0, 0.05) is 56.2 Å². The lowest BCUT2D eigenvalue weighted by Crippen LogP contribution is -2.50. The Labute approximate surface area is 325 Å². The first-order chi connectivity index (χ1) is 25.0. The number of nitrogens with zero attached hydrogens (tertiary/aromatic N) is 1. The van der Waals surface area contributed by atoms with Crippen LogP contribution in [0.5, 0.6) is 0 Å². The molecule has 2 amide bonds. The topological polar surface area (TPSA) is 75.7 Å². The van der Waals surface area contributed by atoms with Gasteiger partial charge in [0.25, 0.3) is 0 Å². The summed E-state index contributed by atoms with van der Waals surface area (Å²) in [6, 6.07) is 0. The van der Waals surface area contributed by atoms with Crippen LogP contribution in [-0.2, 0) is 19.1 Å². The van der Waals surface area contributed by atoms with Crippen LogP contribution in [0.2, 0.25) is 0 Å². The van der Waals surface area contributed by atoms with E-state index in [0.717, 1.165) is 73.9 Å². The van der Waals surface area contributed by atoms with E-state index >= 15 is 0 Å². The van der Waals surface area contributed by atoms with Crippen molar-refractivity contribution in [2.45, 2.75) is 167 Å². The zero-order chi connectivity index (χ0) is 37.1. The van der Waals surface area contributed by atoms with Crippen LogP contribution in [0.25, 0.3) is 0 Å². The van der Waals surface area contributed by atoms with Crippen molar-refractivity contribution in [2.75, 3.05) is 25.4 Å². The van der Waals surface area contributed by atoms with Gasteiger partial charge in [-0.1, -0.05) is 93.2 Å². The minimum absolute atomic E-state index is 0.0154. The van der Waals surface area contributed by atoms with E-state index in [2.05, 4.69) is 45.7 Å². The molecule has 1 aliphatic heterocycles. The van der Waals surface area contributed by atoms with Gasteiger partial charge in [0.1, 0.15) is 12.4 Å². The summed E-state index contributed by atoms with van der Waals surface area (Å²) < 4.78 is 5.82. The molecule has 0 bridgehead atoms. The second kappa shape index (κ2) is 20.0. The third-order valence-electron chi connectivity index (χ3n) is 14.2. The lowest BCUT2D eigenvalue weighted by molar-refractivity contribution is -0.130. The number of hydrogen-bond acceptors (Lipinski definition) is 6. The molecule has 1 heterocycles. The van der Waals surface area contributed by atoms with Gasteiger partial charge < -0.3 is 19.7 Å². The quantitative estimate of drug-likeness (QED) is 0.0413. The number of likely N-dealkylation sites (tertiary alicyclic amines) is 1. The van der Waals surface area contributed by atoms with Crippen molar-refractivity contribution in [2.24, 2.45) is 40.4 Å². The number of fused-ring (bicyclic) bond motifs is 5. The molecule has 0 aromatic carbocycles. The van der Waals surface area contributed by atoms with Crippen LogP contribution in [-0.4, -0.2) is 59.7 Å². The predicted octanol–water partition coefficient (Wildman–Crippen LogP) is 10.7. The third-order valence-corrected chi connectivity index (χ3v) is 17.1. The van der Waals surface area contributed by atoms with Crippen molar-refractivity contribution in [3.63, 3.8) is 0 Å². The highest BCUT2D eigenvalue weighted by molar-refractivity contribution is 8.76. The Kier molecular flexibility index (Phi) is 16.0. The highest BCUT2D eigenvalue weighted by Crippen LogP contribution is 2.67. The fourth-order valence-electron chi connectivity index (χ4n) is 11.1. The molecular formula is C44H72N2O4S2. The van der Waals surface area contributed by atoms with E-state index in [1.807, 2.05) is 26.5 Å². The third kappa shape index (κ3) is 10.9. The summed E-state index contributed by atoms with van der Waals surface area (Å²) >= 11 is 0. The van der Waals surface area contributed by atoms with Gasteiger partial charge in [-0.3, -0.25) is 9.59 Å². The number of allylic oxidation sites excluding steroid dienone is 3. The molecule has 0 aromatic rings. The number of hydrogen-bond donors (Lipinski definition) is 1. The highest BCUT2D eigenvalue weighted by atomic mass is 33.1. The molecule has 0 aromatic heterocycles. The zero-order valence-electron chi connectivity index (χ0n) is 33.3. The molecule has 52 heavy (non-hydrogen) atoms. The Morgan fingerprint density at radius 1 is 1.02 bits per heavy atom. The molecule has 5 aliphatic rings. The largest absolute Gasteiger partial charge is 0.493 e. The maximum Gasteiger partial charge on any atom is 0.222 e. The molecule has 0 radical (unpaired) electrons. The number of ether oxygens (including phenoxy) is 1. The zero-order valence-corrected chi connectivity index (χ0v) is 34.9. The van der Waals surface area contributed by atoms with Crippen molar-refractivity contribution in [3.8, 4) is 0 Å². The van der Waals surface area contributed by atoms with E-state index in [0.29, 0.717) is 60.6 Å². The average Bonchev–Trinajstić information content (AvgIpc) is 3.72. The van der Waals surface area contributed by atoms with E-state index in [1.165, 1.54) is 77.0 Å². The van der Waals surface area contributed by atoms with Gasteiger partial charge >= 0.3 is 0 Å². The lowest BCUT2D eigenvalue weighted by atomic mass is 9.47. The monoisotopic (exact) mass is 756 g/mol. The van der Waals surface area contributed by atoms with Crippen molar-refractivity contribution in [1.82, 2.24) is 10.2 Å². The van der Waals surface area contributed by atoms with Gasteiger partial charge in [0.05, 0.1) is 12.3 Å². The first kappa shape index (κ1) is 41.7. The standard InChI is InChI=1S/C44H72N2O4S2/c1-32(2)12-8-9-14-34-17-19-39-38-18-16-35-30-37(20-24-44(35,5)40(38)21-25-43(34,39)4)52-51-29-23-41(48)45-26-10-6-7-15-42(49)46-27-22-36(31-46)50-33(3)13-11-28-47/h16,28,32,34,36-40H,3,6-15,17-27,29-31H2,1-2,4-5H3,(H,45,48). The Morgan fingerprint density at radius 2 is 1.87 bits per heavy atom. The maximum absolute atomic E-state index is 12.6. The molecule has 5 rings (SSSR count). The van der Waals surface area contributed by atoms with Crippen LogP contribution in [0.3, 0.4) is 0 Å². The number of carbonyl (C=O) groups is 3. The van der Waals surface area contributed by atoms with Gasteiger partial charge in [0.2, 0.25) is 11.8 Å². The van der Waals surface area contributed by atoms with Crippen molar-refractivity contribution < 1.29 is 19.1 Å². The molecule has 4 fully saturated rings. The predicted molar refractivity (Wildman–Crippen MR) is 219 cm³/mol. The first-order valence-electron chi connectivity index (χ1n) is 21.3. The van der Waals surface area contributed by atoms with Crippen LogP contribution >= 0.6 is 21.6 Å². The molecule has 1 N–H and O–H groups in total. The molecule has 3 saturated carbocycles. The molecule has 4 aliphatic carbocycles. The Balaban J connectivity index is 0.919. The summed E-state index contributed by atoms with van der Waals surface area (Å²) in [5.41, 5.74) is 2.77. The normalized spacial score (nSPS) is 32.5. The Hall–Kier alpha value is -1.41. The van der Waals surface area contributed by atoms with Gasteiger partial charge in [-0.05, 0) is 111 Å². The smallest absolute Gasteiger partial charge is 0.222 e. The van der Waals surface area contributed by atoms with E-state index < -0.39 is 0 Å². The summed E-state index contributed by atoms with van der Waals surface area (Å²) in [7, 11) is 3.94. The van der Waals surface area contributed by atoms with E-state index in [-0.39, 0.29) is 17.9 Å². The van der Waals surface area contributed by atoms with Crippen molar-refractivity contribution >= 4 is 39.7 Å². The summed E-state index contributed by atoms with van der Waals surface area (Å²) in [6.07, 6.45) is 26.0. The summed E-state index contributed by atoms with van der Waals surface area (Å²) in [6.45, 7) is 16.0. The Morgan fingerprint density at radius 3 is 2.67 bits per heavy atom. The van der Waals surface area contributed by atoms with Crippen molar-refractivity contribution in [1.29, 1.82) is 0 Å². The SMILES string of the molecule is C=C(CCC=O)OC1CCN(C(=O)CCCCCNC(=O)CCSSC2CCC3(C)C(=CCC4C3CCC3(C)C(CCCCC(C)C)CCC43)C2)C1. The molecule has 0 spiro atoms.